The molecule has 2 nitrogen and oxygen atoms in total. The normalized spacial score (nSPS) is 9.11. The number of hydrogen-bond acceptors (Lipinski definition) is 3. The van der Waals surface area contributed by atoms with Crippen molar-refractivity contribution in [2.45, 2.75) is 6.92 Å². The Kier molecular flexibility index (Phi) is 1.95. The van der Waals surface area contributed by atoms with Crippen LogP contribution in [0.4, 0.5) is 5.69 Å². The maximum atomic E-state index is 4.01. The van der Waals surface area contributed by atoms with Crippen molar-refractivity contribution in [2.75, 3.05) is 4.72 Å². The van der Waals surface area contributed by atoms with Crippen LogP contribution in [-0.4, -0.2) is 4.98 Å². The molecule has 0 aliphatic rings. The SMILES string of the molecule is Cc1cc(NS)ccn1. The van der Waals surface area contributed by atoms with Gasteiger partial charge in [-0.1, -0.05) is 12.8 Å². The molecular weight excluding hydrogens is 132 g/mol. The summed E-state index contributed by atoms with van der Waals surface area (Å²) in [6, 6.07) is 3.78. The Labute approximate surface area is 59.9 Å². The Bertz CT molecular complexity index is 200. The number of nitrogens with one attached hydrogen (secondary N) is 1. The van der Waals surface area contributed by atoms with E-state index >= 15 is 0 Å². The number of aromatic nitrogens is 1. The Hall–Kier alpha value is -0.700. The van der Waals surface area contributed by atoms with Crippen molar-refractivity contribution in [1.29, 1.82) is 0 Å². The zero-order valence-electron chi connectivity index (χ0n) is 5.13. The van der Waals surface area contributed by atoms with Crippen LogP contribution in [0.5, 0.6) is 0 Å². The number of aryl methyl sites for hydroxylation is 1. The van der Waals surface area contributed by atoms with Crippen molar-refractivity contribution >= 4 is 18.5 Å². The second-order valence-electron chi connectivity index (χ2n) is 1.80. The predicted molar refractivity (Wildman–Crippen MR) is 41.6 cm³/mol. The molecule has 48 valence electrons. The molecule has 0 aromatic carbocycles. The van der Waals surface area contributed by atoms with Gasteiger partial charge in [-0.15, -0.1) is 0 Å². The van der Waals surface area contributed by atoms with E-state index in [1.807, 2.05) is 19.1 Å². The van der Waals surface area contributed by atoms with Crippen LogP contribution < -0.4 is 4.72 Å². The van der Waals surface area contributed by atoms with Gasteiger partial charge >= 0.3 is 0 Å². The fourth-order valence-electron chi connectivity index (χ4n) is 0.615. The highest BCUT2D eigenvalue weighted by Crippen LogP contribution is 2.06. The van der Waals surface area contributed by atoms with Gasteiger partial charge in [-0.05, 0) is 19.1 Å². The zero-order valence-corrected chi connectivity index (χ0v) is 6.02. The standard InChI is InChI=1S/C6H8N2S/c1-5-4-6(8-9)2-3-7-5/h2-4,9H,1H3,(H,7,8). The van der Waals surface area contributed by atoms with E-state index in [4.69, 9.17) is 0 Å². The molecule has 1 aromatic heterocycles. The van der Waals surface area contributed by atoms with Gasteiger partial charge in [-0.2, -0.15) is 0 Å². The van der Waals surface area contributed by atoms with E-state index < -0.39 is 0 Å². The first-order valence-corrected chi connectivity index (χ1v) is 3.10. The van der Waals surface area contributed by atoms with E-state index in [-0.39, 0.29) is 0 Å². The van der Waals surface area contributed by atoms with Gasteiger partial charge in [0.25, 0.3) is 0 Å². The molecule has 0 saturated carbocycles. The van der Waals surface area contributed by atoms with Gasteiger partial charge < -0.3 is 4.72 Å². The van der Waals surface area contributed by atoms with Crippen LogP contribution in [0.3, 0.4) is 0 Å². The van der Waals surface area contributed by atoms with Crippen LogP contribution in [0.15, 0.2) is 18.3 Å². The molecule has 0 unspecified atom stereocenters. The van der Waals surface area contributed by atoms with Crippen molar-refractivity contribution in [3.8, 4) is 0 Å². The van der Waals surface area contributed by atoms with Crippen LogP contribution in [0.25, 0.3) is 0 Å². The highest BCUT2D eigenvalue weighted by atomic mass is 32.1. The van der Waals surface area contributed by atoms with E-state index in [1.165, 1.54) is 0 Å². The van der Waals surface area contributed by atoms with E-state index in [9.17, 15) is 0 Å². The number of hydrogen-bond donors (Lipinski definition) is 2. The minimum absolute atomic E-state index is 0.978. The molecule has 3 heteroatoms. The molecule has 0 aliphatic carbocycles. The Morgan fingerprint density at radius 2 is 2.44 bits per heavy atom. The molecule has 0 radical (unpaired) electrons. The maximum Gasteiger partial charge on any atom is 0.0471 e. The fraction of sp³-hybridized carbons (Fsp3) is 0.167. The summed E-state index contributed by atoms with van der Waals surface area (Å²) >= 11 is 3.88. The summed E-state index contributed by atoms with van der Waals surface area (Å²) in [6.07, 6.45) is 1.74. The third-order valence-corrected chi connectivity index (χ3v) is 1.28. The fourth-order valence-corrected chi connectivity index (χ4v) is 0.754. The molecule has 1 N–H and O–H groups in total. The van der Waals surface area contributed by atoms with Crippen molar-refractivity contribution in [1.82, 2.24) is 4.98 Å². The van der Waals surface area contributed by atoms with Crippen LogP contribution >= 0.6 is 12.8 Å². The lowest BCUT2D eigenvalue weighted by molar-refractivity contribution is 1.20. The predicted octanol–water partition coefficient (Wildman–Crippen LogP) is 1.65. The summed E-state index contributed by atoms with van der Waals surface area (Å²) in [7, 11) is 0. The number of thiol groups is 1. The molecular formula is C6H8N2S. The van der Waals surface area contributed by atoms with Crippen LogP contribution in [0.1, 0.15) is 5.69 Å². The van der Waals surface area contributed by atoms with E-state index in [2.05, 4.69) is 22.5 Å². The van der Waals surface area contributed by atoms with Crippen LogP contribution in [0, 0.1) is 6.92 Å². The lowest BCUT2D eigenvalue weighted by atomic mass is 10.3. The smallest absolute Gasteiger partial charge is 0.0471 e. The lowest BCUT2D eigenvalue weighted by Gasteiger charge is -1.96. The first-order valence-electron chi connectivity index (χ1n) is 2.65. The quantitative estimate of drug-likeness (QED) is 0.580. The third-order valence-electron chi connectivity index (χ3n) is 1.03. The largest absolute Gasteiger partial charge is 0.332 e. The minimum Gasteiger partial charge on any atom is -0.332 e. The zero-order chi connectivity index (χ0) is 6.69. The van der Waals surface area contributed by atoms with Crippen molar-refractivity contribution < 1.29 is 0 Å². The topological polar surface area (TPSA) is 24.9 Å². The third kappa shape index (κ3) is 1.61. The summed E-state index contributed by atoms with van der Waals surface area (Å²) < 4.78 is 2.72. The van der Waals surface area contributed by atoms with Gasteiger partial charge in [-0.3, -0.25) is 4.98 Å². The number of anilines is 1. The molecule has 0 aliphatic heterocycles. The second-order valence-corrected chi connectivity index (χ2v) is 2.02. The molecule has 1 rings (SSSR count). The summed E-state index contributed by atoms with van der Waals surface area (Å²) in [5, 5.41) is 0. The molecule has 0 spiro atoms. The minimum atomic E-state index is 0.978. The Morgan fingerprint density at radius 1 is 1.67 bits per heavy atom. The summed E-state index contributed by atoms with van der Waals surface area (Å²) in [5.41, 5.74) is 1.97. The summed E-state index contributed by atoms with van der Waals surface area (Å²) in [4.78, 5) is 4.01. The summed E-state index contributed by atoms with van der Waals surface area (Å²) in [6.45, 7) is 1.94. The molecule has 0 bridgehead atoms. The van der Waals surface area contributed by atoms with Crippen LogP contribution in [0.2, 0.25) is 0 Å². The highest BCUT2D eigenvalue weighted by molar-refractivity contribution is 7.81. The first-order chi connectivity index (χ1) is 4.33. The molecule has 9 heavy (non-hydrogen) atoms. The van der Waals surface area contributed by atoms with Crippen molar-refractivity contribution in [3.05, 3.63) is 24.0 Å². The molecule has 0 amide bonds. The monoisotopic (exact) mass is 140 g/mol. The van der Waals surface area contributed by atoms with Gasteiger partial charge in [-0.25, -0.2) is 0 Å². The van der Waals surface area contributed by atoms with Gasteiger partial charge in [0, 0.05) is 17.6 Å². The number of pyridine rings is 1. The average Bonchev–Trinajstić information content (AvgIpc) is 1.88. The van der Waals surface area contributed by atoms with Gasteiger partial charge in [0.1, 0.15) is 0 Å². The number of nitrogens with zero attached hydrogens (tertiary/aromatic N) is 1. The molecule has 1 aromatic rings. The highest BCUT2D eigenvalue weighted by Gasteiger charge is 1.86. The van der Waals surface area contributed by atoms with Gasteiger partial charge in [0.2, 0.25) is 0 Å². The average molecular weight is 140 g/mol. The van der Waals surface area contributed by atoms with E-state index in [1.54, 1.807) is 6.20 Å². The first kappa shape index (κ1) is 6.42. The van der Waals surface area contributed by atoms with E-state index in [0.717, 1.165) is 11.4 Å². The van der Waals surface area contributed by atoms with Crippen molar-refractivity contribution in [3.63, 3.8) is 0 Å². The number of rotatable bonds is 1. The van der Waals surface area contributed by atoms with Gasteiger partial charge in [0.15, 0.2) is 0 Å². The molecule has 1 heterocycles. The molecule has 0 atom stereocenters. The molecule has 0 saturated heterocycles. The lowest BCUT2D eigenvalue weighted by Crippen LogP contribution is -1.83. The molecule has 0 fully saturated rings. The Morgan fingerprint density at radius 3 is 2.89 bits per heavy atom. The van der Waals surface area contributed by atoms with E-state index in [0.29, 0.717) is 0 Å². The van der Waals surface area contributed by atoms with Gasteiger partial charge in [0.05, 0.1) is 0 Å². The van der Waals surface area contributed by atoms with Crippen LogP contribution in [-0.2, 0) is 0 Å². The van der Waals surface area contributed by atoms with Crippen molar-refractivity contribution in [2.24, 2.45) is 0 Å². The summed E-state index contributed by atoms with van der Waals surface area (Å²) in [5.74, 6) is 0. The second kappa shape index (κ2) is 2.73. The Balaban J connectivity index is 2.94. The maximum absolute atomic E-state index is 4.01.